The minimum absolute atomic E-state index is 0.180. The first-order valence-electron chi connectivity index (χ1n) is 7.14. The summed E-state index contributed by atoms with van der Waals surface area (Å²) in [7, 11) is 0. The van der Waals surface area contributed by atoms with Crippen LogP contribution in [0, 0.1) is 18.3 Å². The molecule has 1 unspecified atom stereocenters. The Morgan fingerprint density at radius 3 is 2.85 bits per heavy atom. The first kappa shape index (κ1) is 14.3. The molecule has 0 spiro atoms. The van der Waals surface area contributed by atoms with E-state index < -0.39 is 0 Å². The van der Waals surface area contributed by atoms with Crippen LogP contribution in [0.1, 0.15) is 62.5 Å². The van der Waals surface area contributed by atoms with Crippen molar-refractivity contribution in [1.82, 2.24) is 14.6 Å². The molecule has 0 aromatic carbocycles. The highest BCUT2D eigenvalue weighted by Crippen LogP contribution is 2.23. The van der Waals surface area contributed by atoms with Crippen LogP contribution in [0.25, 0.3) is 5.65 Å². The van der Waals surface area contributed by atoms with E-state index in [1.54, 1.807) is 11.4 Å². The smallest absolute Gasteiger partial charge is 0.201 e. The maximum Gasteiger partial charge on any atom is 0.201 e. The van der Waals surface area contributed by atoms with Gasteiger partial charge in [0.2, 0.25) is 5.43 Å². The fourth-order valence-electron chi connectivity index (χ4n) is 2.51. The summed E-state index contributed by atoms with van der Waals surface area (Å²) in [5.74, 6) is 1.27. The van der Waals surface area contributed by atoms with Crippen molar-refractivity contribution in [3.8, 4) is 6.07 Å². The molecule has 0 fully saturated rings. The van der Waals surface area contributed by atoms with Crippen LogP contribution in [0.2, 0.25) is 0 Å². The minimum Gasteiger partial charge on any atom is -0.288 e. The highest BCUT2D eigenvalue weighted by atomic mass is 16.1. The second-order valence-electron chi connectivity index (χ2n) is 5.13. The summed E-state index contributed by atoms with van der Waals surface area (Å²) < 4.78 is 1.74. The fourth-order valence-corrected chi connectivity index (χ4v) is 2.51. The molecule has 0 aliphatic heterocycles. The molecule has 5 nitrogen and oxygen atoms in total. The molecule has 1 N–H and O–H groups in total. The van der Waals surface area contributed by atoms with Crippen molar-refractivity contribution < 1.29 is 0 Å². The molecular formula is C15H20N4O. The van der Waals surface area contributed by atoms with Crippen LogP contribution >= 0.6 is 0 Å². The van der Waals surface area contributed by atoms with Gasteiger partial charge in [-0.05, 0) is 19.8 Å². The fraction of sp³-hybridized carbons (Fsp3) is 0.533. The third kappa shape index (κ3) is 2.46. The molecule has 0 amide bonds. The van der Waals surface area contributed by atoms with Crippen molar-refractivity contribution in [2.45, 2.75) is 52.4 Å². The Hall–Kier alpha value is -2.09. The predicted molar refractivity (Wildman–Crippen MR) is 77.8 cm³/mol. The van der Waals surface area contributed by atoms with Crippen LogP contribution in [0.3, 0.4) is 0 Å². The molecule has 0 saturated heterocycles. The molecule has 1 atom stereocenters. The molecule has 2 aromatic heterocycles. The van der Waals surface area contributed by atoms with Gasteiger partial charge >= 0.3 is 0 Å². The molecule has 106 valence electrons. The quantitative estimate of drug-likeness (QED) is 0.909. The van der Waals surface area contributed by atoms with Crippen LogP contribution in [-0.4, -0.2) is 14.6 Å². The Morgan fingerprint density at radius 1 is 1.50 bits per heavy atom. The number of rotatable bonds is 5. The second-order valence-corrected chi connectivity index (χ2v) is 5.13. The summed E-state index contributed by atoms with van der Waals surface area (Å²) in [6, 6.07) is 3.39. The monoisotopic (exact) mass is 272 g/mol. The maximum atomic E-state index is 11.8. The molecule has 0 bridgehead atoms. The van der Waals surface area contributed by atoms with Crippen molar-refractivity contribution in [2.24, 2.45) is 0 Å². The molecule has 5 heteroatoms. The third-order valence-corrected chi connectivity index (χ3v) is 3.79. The van der Waals surface area contributed by atoms with E-state index in [-0.39, 0.29) is 11.0 Å². The molecule has 0 aliphatic carbocycles. The van der Waals surface area contributed by atoms with Crippen LogP contribution in [0.5, 0.6) is 0 Å². The largest absolute Gasteiger partial charge is 0.288 e. The van der Waals surface area contributed by atoms with E-state index in [0.717, 1.165) is 31.5 Å². The second kappa shape index (κ2) is 5.91. The van der Waals surface area contributed by atoms with Crippen LogP contribution in [-0.2, 0) is 0 Å². The van der Waals surface area contributed by atoms with Crippen LogP contribution in [0.15, 0.2) is 10.9 Å². The van der Waals surface area contributed by atoms with Gasteiger partial charge in [0.1, 0.15) is 17.5 Å². The zero-order valence-electron chi connectivity index (χ0n) is 12.2. The van der Waals surface area contributed by atoms with Gasteiger partial charge in [0.25, 0.3) is 0 Å². The highest BCUT2D eigenvalue weighted by molar-refractivity contribution is 5.46. The number of hydrogen-bond acceptors (Lipinski definition) is 3. The lowest BCUT2D eigenvalue weighted by atomic mass is 9.99. The molecule has 2 rings (SSSR count). The highest BCUT2D eigenvalue weighted by Gasteiger charge is 2.16. The molecule has 0 saturated carbocycles. The van der Waals surface area contributed by atoms with Crippen molar-refractivity contribution in [2.75, 3.05) is 0 Å². The van der Waals surface area contributed by atoms with E-state index in [1.165, 1.54) is 6.07 Å². The van der Waals surface area contributed by atoms with Gasteiger partial charge in [-0.2, -0.15) is 5.26 Å². The van der Waals surface area contributed by atoms with Crippen molar-refractivity contribution in [1.29, 1.82) is 5.26 Å². The average Bonchev–Trinajstić information content (AvgIpc) is 2.84. The molecule has 2 aromatic rings. The van der Waals surface area contributed by atoms with E-state index >= 15 is 0 Å². The number of aromatic amines is 1. The van der Waals surface area contributed by atoms with E-state index in [4.69, 9.17) is 5.26 Å². The van der Waals surface area contributed by atoms with E-state index in [2.05, 4.69) is 23.9 Å². The zero-order valence-corrected chi connectivity index (χ0v) is 12.2. The van der Waals surface area contributed by atoms with Gasteiger partial charge in [-0.3, -0.25) is 9.89 Å². The molecular weight excluding hydrogens is 252 g/mol. The molecule has 20 heavy (non-hydrogen) atoms. The molecule has 0 radical (unpaired) electrons. The number of aromatic nitrogens is 3. The van der Waals surface area contributed by atoms with Gasteiger partial charge in [-0.25, -0.2) is 9.50 Å². The predicted octanol–water partition coefficient (Wildman–Crippen LogP) is 2.89. The first-order valence-corrected chi connectivity index (χ1v) is 7.14. The summed E-state index contributed by atoms with van der Waals surface area (Å²) in [6.45, 7) is 6.08. The number of nitriles is 1. The van der Waals surface area contributed by atoms with E-state index in [9.17, 15) is 4.79 Å². The number of nitrogens with zero attached hydrogens (tertiary/aromatic N) is 3. The maximum absolute atomic E-state index is 11.8. The topological polar surface area (TPSA) is 73.9 Å². The lowest BCUT2D eigenvalue weighted by Crippen LogP contribution is -2.11. The third-order valence-electron chi connectivity index (χ3n) is 3.79. The summed E-state index contributed by atoms with van der Waals surface area (Å²) in [6.07, 6.45) is 4.41. The summed E-state index contributed by atoms with van der Waals surface area (Å²) in [5, 5.41) is 12.3. The Bertz CT molecular complexity index is 705. The SMILES string of the molecule is CCCCC(CC)c1nc2cc(=O)c(C#N)c(C)n2[nH]1. The number of pyridine rings is 1. The van der Waals surface area contributed by atoms with Gasteiger partial charge < -0.3 is 0 Å². The van der Waals surface area contributed by atoms with Gasteiger partial charge in [0.05, 0.1) is 5.69 Å². The zero-order chi connectivity index (χ0) is 14.7. The number of hydrogen-bond donors (Lipinski definition) is 1. The van der Waals surface area contributed by atoms with Gasteiger partial charge in [-0.1, -0.05) is 26.7 Å². The molecule has 2 heterocycles. The van der Waals surface area contributed by atoms with Gasteiger partial charge in [-0.15, -0.1) is 0 Å². The molecule has 0 aliphatic rings. The van der Waals surface area contributed by atoms with Gasteiger partial charge in [0, 0.05) is 12.0 Å². The van der Waals surface area contributed by atoms with Crippen molar-refractivity contribution >= 4 is 5.65 Å². The summed E-state index contributed by atoms with van der Waals surface area (Å²) in [5.41, 5.74) is 1.14. The normalized spacial score (nSPS) is 12.5. The lowest BCUT2D eigenvalue weighted by Gasteiger charge is -2.10. The Kier molecular flexibility index (Phi) is 4.23. The summed E-state index contributed by atoms with van der Waals surface area (Å²) in [4.78, 5) is 16.3. The average molecular weight is 272 g/mol. The lowest BCUT2D eigenvalue weighted by molar-refractivity contribution is 0.542. The number of H-pyrrole nitrogens is 1. The number of fused-ring (bicyclic) bond motifs is 1. The number of unbranched alkanes of at least 4 members (excludes halogenated alkanes) is 1. The van der Waals surface area contributed by atoms with Crippen LogP contribution < -0.4 is 5.43 Å². The number of nitrogens with one attached hydrogen (secondary N) is 1. The van der Waals surface area contributed by atoms with E-state index in [1.807, 2.05) is 6.07 Å². The van der Waals surface area contributed by atoms with Crippen molar-refractivity contribution in [3.63, 3.8) is 0 Å². The minimum atomic E-state index is -0.260. The standard InChI is InChI=1S/C15H20N4O/c1-4-6-7-11(5-2)15-17-14-8-13(20)12(9-16)10(3)19(14)18-15/h8,11H,4-7H2,1-3H3,(H,17,18). The van der Waals surface area contributed by atoms with Crippen LogP contribution in [0.4, 0.5) is 0 Å². The Labute approximate surface area is 118 Å². The van der Waals surface area contributed by atoms with Gasteiger partial charge in [0.15, 0.2) is 5.65 Å². The summed E-state index contributed by atoms with van der Waals surface area (Å²) >= 11 is 0. The van der Waals surface area contributed by atoms with E-state index in [0.29, 0.717) is 17.3 Å². The Morgan fingerprint density at radius 2 is 2.25 bits per heavy atom. The van der Waals surface area contributed by atoms with Crippen molar-refractivity contribution in [3.05, 3.63) is 33.4 Å². The Balaban J connectivity index is 2.51. The number of aryl methyl sites for hydroxylation is 1. The first-order chi connectivity index (χ1) is 9.62.